The van der Waals surface area contributed by atoms with E-state index < -0.39 is 6.04 Å². The Morgan fingerprint density at radius 1 is 1.47 bits per heavy atom. The Kier molecular flexibility index (Phi) is 4.19. The maximum atomic E-state index is 13.2. The van der Waals surface area contributed by atoms with Crippen molar-refractivity contribution in [2.45, 2.75) is 25.8 Å². The Labute approximate surface area is 119 Å². The molecule has 2 amide bonds. The van der Waals surface area contributed by atoms with Crippen LogP contribution < -0.4 is 10.2 Å². The third-order valence-corrected chi connectivity index (χ3v) is 3.69. The van der Waals surface area contributed by atoms with Gasteiger partial charge in [0.15, 0.2) is 0 Å². The van der Waals surface area contributed by atoms with Crippen LogP contribution in [0.25, 0.3) is 0 Å². The minimum Gasteiger partial charge on any atom is -0.344 e. The highest BCUT2D eigenvalue weighted by Gasteiger charge is 2.29. The summed E-state index contributed by atoms with van der Waals surface area (Å²) in [4.78, 5) is 25.4. The van der Waals surface area contributed by atoms with Gasteiger partial charge in [0.2, 0.25) is 11.8 Å². The average molecular weight is 329 g/mol. The molecule has 0 spiro atoms. The van der Waals surface area contributed by atoms with Crippen LogP contribution in [0.15, 0.2) is 22.7 Å². The number of rotatable bonds is 2. The van der Waals surface area contributed by atoms with Crippen LogP contribution >= 0.6 is 15.9 Å². The van der Waals surface area contributed by atoms with Gasteiger partial charge in [0, 0.05) is 18.7 Å². The first kappa shape index (κ1) is 14.0. The number of anilines is 1. The Morgan fingerprint density at radius 2 is 2.21 bits per heavy atom. The molecular weight excluding hydrogens is 315 g/mol. The van der Waals surface area contributed by atoms with Crippen LogP contribution in [0.1, 0.15) is 19.8 Å². The monoisotopic (exact) mass is 328 g/mol. The van der Waals surface area contributed by atoms with Crippen molar-refractivity contribution in [3.05, 3.63) is 28.5 Å². The topological polar surface area (TPSA) is 49.4 Å². The number of nitrogens with zero attached hydrogens (tertiary/aromatic N) is 1. The van der Waals surface area contributed by atoms with E-state index in [0.29, 0.717) is 23.1 Å². The molecule has 1 aromatic carbocycles. The fourth-order valence-electron chi connectivity index (χ4n) is 2.03. The molecule has 19 heavy (non-hydrogen) atoms. The maximum Gasteiger partial charge on any atom is 0.249 e. The van der Waals surface area contributed by atoms with Gasteiger partial charge in [-0.2, -0.15) is 0 Å². The quantitative estimate of drug-likeness (QED) is 0.905. The van der Waals surface area contributed by atoms with Crippen LogP contribution in [-0.2, 0) is 9.59 Å². The lowest BCUT2D eigenvalue weighted by atomic mass is 10.2. The predicted molar refractivity (Wildman–Crippen MR) is 73.3 cm³/mol. The second-order valence-electron chi connectivity index (χ2n) is 4.37. The van der Waals surface area contributed by atoms with Gasteiger partial charge < -0.3 is 10.2 Å². The number of carbonyl (C=O) groups excluding carboxylic acids is 2. The summed E-state index contributed by atoms with van der Waals surface area (Å²) in [7, 11) is 0. The number of hydrogen-bond acceptors (Lipinski definition) is 2. The second-order valence-corrected chi connectivity index (χ2v) is 5.22. The summed E-state index contributed by atoms with van der Waals surface area (Å²) in [5.41, 5.74) is 0.591. The normalized spacial score (nSPS) is 20.2. The molecule has 0 radical (unpaired) electrons. The predicted octanol–water partition coefficient (Wildman–Crippen LogP) is 2.22. The molecule has 4 nitrogen and oxygen atoms in total. The van der Waals surface area contributed by atoms with Gasteiger partial charge in [-0.3, -0.25) is 9.59 Å². The molecule has 1 fully saturated rings. The zero-order chi connectivity index (χ0) is 14.0. The number of hydrogen-bond donors (Lipinski definition) is 1. The van der Waals surface area contributed by atoms with Gasteiger partial charge in [-0.15, -0.1) is 0 Å². The summed E-state index contributed by atoms with van der Waals surface area (Å²) in [6.45, 7) is 2.15. The van der Waals surface area contributed by atoms with Crippen molar-refractivity contribution >= 4 is 33.4 Å². The fraction of sp³-hybridized carbons (Fsp3) is 0.385. The van der Waals surface area contributed by atoms with Gasteiger partial charge in [-0.1, -0.05) is 6.92 Å². The molecule has 1 aliphatic rings. The number of nitrogens with one attached hydrogen (secondary N) is 1. The average Bonchev–Trinajstić information content (AvgIpc) is 2.53. The van der Waals surface area contributed by atoms with Crippen molar-refractivity contribution < 1.29 is 14.0 Å². The van der Waals surface area contributed by atoms with E-state index in [0.717, 1.165) is 0 Å². The van der Waals surface area contributed by atoms with Gasteiger partial charge in [0.1, 0.15) is 11.9 Å². The van der Waals surface area contributed by atoms with Crippen molar-refractivity contribution in [2.75, 3.05) is 11.4 Å². The number of amides is 2. The first-order valence-electron chi connectivity index (χ1n) is 6.08. The lowest BCUT2D eigenvalue weighted by Gasteiger charge is -2.23. The van der Waals surface area contributed by atoms with Crippen molar-refractivity contribution in [3.8, 4) is 0 Å². The van der Waals surface area contributed by atoms with Crippen molar-refractivity contribution in [1.82, 2.24) is 5.32 Å². The molecule has 0 aromatic heterocycles. The Morgan fingerprint density at radius 3 is 2.84 bits per heavy atom. The van der Waals surface area contributed by atoms with E-state index in [2.05, 4.69) is 21.2 Å². The number of carbonyl (C=O) groups is 2. The summed E-state index contributed by atoms with van der Waals surface area (Å²) >= 11 is 3.10. The van der Waals surface area contributed by atoms with Gasteiger partial charge in [0.25, 0.3) is 0 Å². The zero-order valence-corrected chi connectivity index (χ0v) is 12.0. The third kappa shape index (κ3) is 2.94. The van der Waals surface area contributed by atoms with E-state index >= 15 is 0 Å². The number of benzene rings is 1. The molecule has 0 saturated carbocycles. The fourth-order valence-corrected chi connectivity index (χ4v) is 2.39. The molecule has 1 N–H and O–H groups in total. The molecule has 0 bridgehead atoms. The van der Waals surface area contributed by atoms with Crippen LogP contribution in [0.3, 0.4) is 0 Å². The minimum absolute atomic E-state index is 0.135. The first-order chi connectivity index (χ1) is 9.02. The summed E-state index contributed by atoms with van der Waals surface area (Å²) in [6, 6.07) is 3.88. The second kappa shape index (κ2) is 5.69. The van der Waals surface area contributed by atoms with E-state index in [1.54, 1.807) is 12.1 Å². The minimum atomic E-state index is -0.515. The molecule has 6 heteroatoms. The molecule has 1 heterocycles. The first-order valence-corrected chi connectivity index (χ1v) is 6.88. The smallest absolute Gasteiger partial charge is 0.249 e. The molecule has 1 aromatic rings. The highest BCUT2D eigenvalue weighted by atomic mass is 79.9. The summed E-state index contributed by atoms with van der Waals surface area (Å²) in [5.74, 6) is -0.678. The van der Waals surface area contributed by atoms with Crippen LogP contribution in [-0.4, -0.2) is 24.4 Å². The van der Waals surface area contributed by atoms with Crippen LogP contribution in [0, 0.1) is 5.82 Å². The van der Waals surface area contributed by atoms with Gasteiger partial charge >= 0.3 is 0 Å². The lowest BCUT2D eigenvalue weighted by molar-refractivity contribution is -0.125. The SMILES string of the molecule is CCC1NC(=O)CCN(c2ccc(F)c(Br)c2)C1=O. The molecule has 1 aliphatic heterocycles. The van der Waals surface area contributed by atoms with E-state index in [-0.39, 0.29) is 24.1 Å². The molecular formula is C13H14BrFN2O2. The van der Waals surface area contributed by atoms with Gasteiger partial charge in [0.05, 0.1) is 4.47 Å². The van der Waals surface area contributed by atoms with E-state index in [1.807, 2.05) is 6.92 Å². The Balaban J connectivity index is 2.33. The van der Waals surface area contributed by atoms with Crippen molar-refractivity contribution in [2.24, 2.45) is 0 Å². The van der Waals surface area contributed by atoms with Crippen LogP contribution in [0.5, 0.6) is 0 Å². The molecule has 1 saturated heterocycles. The molecule has 0 aliphatic carbocycles. The summed E-state index contributed by atoms with van der Waals surface area (Å²) in [5, 5.41) is 2.69. The molecule has 1 unspecified atom stereocenters. The largest absolute Gasteiger partial charge is 0.344 e. The Bertz CT molecular complexity index is 521. The lowest BCUT2D eigenvalue weighted by Crippen LogP contribution is -2.44. The van der Waals surface area contributed by atoms with E-state index in [1.165, 1.54) is 11.0 Å². The van der Waals surface area contributed by atoms with E-state index in [4.69, 9.17) is 0 Å². The standard InChI is InChI=1S/C13H14BrFN2O2/c1-2-11-13(19)17(6-5-12(18)16-11)8-3-4-10(15)9(14)7-8/h3-4,7,11H,2,5-6H2,1H3,(H,16,18). The molecule has 2 rings (SSSR count). The van der Waals surface area contributed by atoms with E-state index in [9.17, 15) is 14.0 Å². The number of halogens is 2. The highest BCUT2D eigenvalue weighted by molar-refractivity contribution is 9.10. The summed E-state index contributed by atoms with van der Waals surface area (Å²) in [6.07, 6.45) is 0.778. The van der Waals surface area contributed by atoms with Crippen molar-refractivity contribution in [1.29, 1.82) is 0 Å². The van der Waals surface area contributed by atoms with Crippen LogP contribution in [0.4, 0.5) is 10.1 Å². The summed E-state index contributed by atoms with van der Waals surface area (Å²) < 4.78 is 13.5. The Hall–Kier alpha value is -1.43. The van der Waals surface area contributed by atoms with Gasteiger partial charge in [-0.25, -0.2) is 4.39 Å². The highest BCUT2D eigenvalue weighted by Crippen LogP contribution is 2.24. The van der Waals surface area contributed by atoms with Crippen molar-refractivity contribution in [3.63, 3.8) is 0 Å². The third-order valence-electron chi connectivity index (χ3n) is 3.08. The van der Waals surface area contributed by atoms with Crippen LogP contribution in [0.2, 0.25) is 0 Å². The maximum absolute atomic E-state index is 13.2. The molecule has 1 atom stereocenters. The molecule has 102 valence electrons. The van der Waals surface area contributed by atoms with Gasteiger partial charge in [-0.05, 0) is 40.5 Å². The zero-order valence-electron chi connectivity index (χ0n) is 10.5.